The molecule has 2 aromatic rings. The molecule has 0 spiro atoms. The first kappa shape index (κ1) is 25.4. The summed E-state index contributed by atoms with van der Waals surface area (Å²) in [5.41, 5.74) is 0.835. The maximum absolute atomic E-state index is 13.2. The molecule has 0 amide bonds. The van der Waals surface area contributed by atoms with Gasteiger partial charge >= 0.3 is 0 Å². The maximum Gasteiger partial charge on any atom is 0.262 e. The van der Waals surface area contributed by atoms with Gasteiger partial charge in [0.05, 0.1) is 18.4 Å². The molecule has 0 aliphatic carbocycles. The number of H-pyrrole nitrogens is 1. The number of nitrogens with zero attached hydrogens (tertiary/aromatic N) is 3. The third kappa shape index (κ3) is 5.63. The van der Waals surface area contributed by atoms with Crippen LogP contribution in [0.2, 0.25) is 0 Å². The molecule has 9 nitrogen and oxygen atoms in total. The Labute approximate surface area is 200 Å². The van der Waals surface area contributed by atoms with Gasteiger partial charge < -0.3 is 25.3 Å². The van der Waals surface area contributed by atoms with Crippen LogP contribution in [-0.4, -0.2) is 53.7 Å². The summed E-state index contributed by atoms with van der Waals surface area (Å²) in [6.45, 7) is 5.48. The summed E-state index contributed by atoms with van der Waals surface area (Å²) in [5.74, 6) is 2.06. The van der Waals surface area contributed by atoms with Gasteiger partial charge in [-0.3, -0.25) is 9.59 Å². The summed E-state index contributed by atoms with van der Waals surface area (Å²) in [7, 11) is 3.24. The van der Waals surface area contributed by atoms with E-state index in [9.17, 15) is 9.59 Å². The summed E-state index contributed by atoms with van der Waals surface area (Å²) in [4.78, 5) is 38.9. The largest absolute Gasteiger partial charge is 0.480 e. The molecule has 0 saturated carbocycles. The molecule has 34 heavy (non-hydrogen) atoms. The zero-order valence-corrected chi connectivity index (χ0v) is 20.7. The number of hydrogen-bond donors (Lipinski definition) is 3. The number of piperidine rings is 1. The molecule has 3 heterocycles. The number of nitrogens with one attached hydrogen (secondary N) is 3. The van der Waals surface area contributed by atoms with Gasteiger partial charge in [-0.05, 0) is 25.0 Å². The average Bonchev–Trinajstić information content (AvgIpc) is 2.85. The van der Waals surface area contributed by atoms with Gasteiger partial charge in [0.25, 0.3) is 5.56 Å². The van der Waals surface area contributed by atoms with Gasteiger partial charge in [0.1, 0.15) is 28.8 Å². The lowest BCUT2D eigenvalue weighted by atomic mass is 9.89. The summed E-state index contributed by atoms with van der Waals surface area (Å²) in [6.07, 6.45) is 5.80. The standard InChI is InChI=1S/C25H36N6O3/c1-5-7-9-16(8-6-2)21(26)20-23(27-3)29-22(30-24(20)33)18-10-11-19(28-25(18)34-4)31-14-12-17(32)13-15-31/h10-11,16,26H,5-9,12-15H2,1-4H3,(H2,27,29,30,33). The lowest BCUT2D eigenvalue weighted by Gasteiger charge is -2.27. The summed E-state index contributed by atoms with van der Waals surface area (Å²) >= 11 is 0. The van der Waals surface area contributed by atoms with Crippen molar-refractivity contribution in [3.8, 4) is 17.3 Å². The highest BCUT2D eigenvalue weighted by Gasteiger charge is 2.24. The molecular formula is C25H36N6O3. The summed E-state index contributed by atoms with van der Waals surface area (Å²) in [6, 6.07) is 3.67. The van der Waals surface area contributed by atoms with Crippen LogP contribution >= 0.6 is 0 Å². The van der Waals surface area contributed by atoms with Crippen molar-refractivity contribution in [2.24, 2.45) is 5.92 Å². The molecule has 1 atom stereocenters. The van der Waals surface area contributed by atoms with Crippen LogP contribution in [0, 0.1) is 11.3 Å². The number of ketones is 1. The Hall–Kier alpha value is -3.23. The number of hydrogen-bond acceptors (Lipinski definition) is 8. The third-order valence-corrected chi connectivity index (χ3v) is 6.32. The molecule has 2 aromatic heterocycles. The van der Waals surface area contributed by atoms with Crippen LogP contribution in [0.1, 0.15) is 64.4 Å². The Morgan fingerprint density at radius 3 is 2.53 bits per heavy atom. The first-order valence-corrected chi connectivity index (χ1v) is 12.2. The molecule has 184 valence electrons. The van der Waals surface area contributed by atoms with Crippen molar-refractivity contribution >= 4 is 23.1 Å². The van der Waals surface area contributed by atoms with Crippen molar-refractivity contribution in [2.75, 3.05) is 37.5 Å². The van der Waals surface area contributed by atoms with Gasteiger partial charge in [0.15, 0.2) is 0 Å². The molecule has 3 rings (SSSR count). The molecule has 0 radical (unpaired) electrons. The minimum absolute atomic E-state index is 0.0257. The van der Waals surface area contributed by atoms with E-state index in [0.717, 1.165) is 37.9 Å². The van der Waals surface area contributed by atoms with Gasteiger partial charge in [0, 0.05) is 38.9 Å². The molecule has 1 saturated heterocycles. The number of Topliss-reactive ketones (excluding diaryl/α,β-unsaturated/α-hetero) is 1. The zero-order valence-electron chi connectivity index (χ0n) is 20.7. The second kappa shape index (κ2) is 11.8. The molecule has 1 aliphatic heterocycles. The van der Waals surface area contributed by atoms with Crippen molar-refractivity contribution in [2.45, 2.75) is 58.8 Å². The normalized spacial score (nSPS) is 14.7. The fraction of sp³-hybridized carbons (Fsp3) is 0.560. The summed E-state index contributed by atoms with van der Waals surface area (Å²) < 4.78 is 5.53. The van der Waals surface area contributed by atoms with Crippen LogP contribution in [0.3, 0.4) is 0 Å². The van der Waals surface area contributed by atoms with Crippen LogP contribution in [0.25, 0.3) is 11.4 Å². The predicted octanol–water partition coefficient (Wildman–Crippen LogP) is 4.03. The number of anilines is 2. The lowest BCUT2D eigenvalue weighted by Crippen LogP contribution is -2.34. The first-order valence-electron chi connectivity index (χ1n) is 12.2. The topological polar surface area (TPSA) is 124 Å². The molecule has 1 fully saturated rings. The zero-order chi connectivity index (χ0) is 24.7. The van der Waals surface area contributed by atoms with Crippen LogP contribution in [0.15, 0.2) is 16.9 Å². The lowest BCUT2D eigenvalue weighted by molar-refractivity contribution is -0.119. The number of ether oxygens (including phenoxy) is 1. The molecule has 0 bridgehead atoms. The average molecular weight is 469 g/mol. The quantitative estimate of drug-likeness (QED) is 0.425. The molecule has 3 N–H and O–H groups in total. The fourth-order valence-corrected chi connectivity index (χ4v) is 4.40. The molecule has 1 aliphatic rings. The van der Waals surface area contributed by atoms with Gasteiger partial charge in [0.2, 0.25) is 5.88 Å². The van der Waals surface area contributed by atoms with E-state index in [4.69, 9.17) is 10.1 Å². The number of aromatic amines is 1. The fourth-order valence-electron chi connectivity index (χ4n) is 4.40. The summed E-state index contributed by atoms with van der Waals surface area (Å²) in [5, 5.41) is 11.8. The van der Waals surface area contributed by atoms with Crippen molar-refractivity contribution < 1.29 is 9.53 Å². The molecule has 1 unspecified atom stereocenters. The van der Waals surface area contributed by atoms with E-state index in [1.54, 1.807) is 7.05 Å². The first-order chi connectivity index (χ1) is 16.4. The Bertz CT molecular complexity index is 1070. The van der Waals surface area contributed by atoms with E-state index in [2.05, 4.69) is 39.0 Å². The minimum Gasteiger partial charge on any atom is -0.480 e. The van der Waals surface area contributed by atoms with Gasteiger partial charge in [-0.15, -0.1) is 0 Å². The van der Waals surface area contributed by atoms with Crippen LogP contribution in [0.5, 0.6) is 5.88 Å². The van der Waals surface area contributed by atoms with E-state index in [-0.39, 0.29) is 17.3 Å². The Kier molecular flexibility index (Phi) is 8.79. The van der Waals surface area contributed by atoms with Crippen molar-refractivity contribution in [3.63, 3.8) is 0 Å². The van der Waals surface area contributed by atoms with E-state index >= 15 is 0 Å². The number of methoxy groups -OCH3 is 1. The van der Waals surface area contributed by atoms with Gasteiger partial charge in [-0.25, -0.2) is 4.98 Å². The van der Waals surface area contributed by atoms with E-state index in [1.807, 2.05) is 12.1 Å². The van der Waals surface area contributed by atoms with Crippen LogP contribution < -0.4 is 20.5 Å². The second-order valence-corrected chi connectivity index (χ2v) is 8.68. The van der Waals surface area contributed by atoms with Gasteiger partial charge in [-0.1, -0.05) is 33.1 Å². The highest BCUT2D eigenvalue weighted by Crippen LogP contribution is 2.30. The van der Waals surface area contributed by atoms with Crippen molar-refractivity contribution in [3.05, 3.63) is 28.0 Å². The van der Waals surface area contributed by atoms with E-state index in [1.165, 1.54) is 7.11 Å². The number of unbranched alkanes of at least 4 members (excludes halogenated alkanes) is 1. The van der Waals surface area contributed by atoms with Gasteiger partial charge in [-0.2, -0.15) is 4.98 Å². The monoisotopic (exact) mass is 468 g/mol. The van der Waals surface area contributed by atoms with Crippen LogP contribution in [-0.2, 0) is 4.79 Å². The van der Waals surface area contributed by atoms with E-state index in [0.29, 0.717) is 60.3 Å². The minimum atomic E-state index is -0.349. The second-order valence-electron chi connectivity index (χ2n) is 8.68. The Balaban J connectivity index is 1.96. The maximum atomic E-state index is 13.2. The highest BCUT2D eigenvalue weighted by atomic mass is 16.5. The number of carbonyl (C=O) groups is 1. The van der Waals surface area contributed by atoms with E-state index < -0.39 is 0 Å². The highest BCUT2D eigenvalue weighted by molar-refractivity contribution is 6.03. The smallest absolute Gasteiger partial charge is 0.262 e. The third-order valence-electron chi connectivity index (χ3n) is 6.32. The molecule has 0 aromatic carbocycles. The molecular weight excluding hydrogens is 432 g/mol. The number of pyridine rings is 1. The van der Waals surface area contributed by atoms with Crippen LogP contribution in [0.4, 0.5) is 11.6 Å². The Morgan fingerprint density at radius 2 is 1.91 bits per heavy atom. The predicted molar refractivity (Wildman–Crippen MR) is 135 cm³/mol. The van der Waals surface area contributed by atoms with Crippen molar-refractivity contribution in [1.29, 1.82) is 5.41 Å². The molecule has 9 heteroatoms. The Morgan fingerprint density at radius 1 is 1.18 bits per heavy atom. The number of rotatable bonds is 11. The number of carbonyl (C=O) groups excluding carboxylic acids is 1. The van der Waals surface area contributed by atoms with Crippen molar-refractivity contribution in [1.82, 2.24) is 15.0 Å². The SMILES string of the molecule is CCCCC(CCC)C(=N)c1c(NC)nc(-c2ccc(N3CCC(=O)CC3)nc2OC)[nH]c1=O. The number of aromatic nitrogens is 3.